The molecule has 2 saturated carbocycles. The monoisotopic (exact) mass is 402 g/mol. The average Bonchev–Trinajstić information content (AvgIpc) is 3.34. The van der Waals surface area contributed by atoms with Crippen LogP contribution in [-0.2, 0) is 9.53 Å². The summed E-state index contributed by atoms with van der Waals surface area (Å²) in [6.07, 6.45) is 5.82. The lowest BCUT2D eigenvalue weighted by atomic mass is 9.86. The van der Waals surface area contributed by atoms with E-state index >= 15 is 0 Å². The van der Waals surface area contributed by atoms with Crippen LogP contribution in [0.4, 0.5) is 11.4 Å². The lowest BCUT2D eigenvalue weighted by Gasteiger charge is -2.31. The number of morpholine rings is 1. The van der Waals surface area contributed by atoms with Crippen molar-refractivity contribution in [1.82, 2.24) is 0 Å². The summed E-state index contributed by atoms with van der Waals surface area (Å²) in [5.74, 6) is 3.73. The Labute approximate surface area is 173 Å². The van der Waals surface area contributed by atoms with Crippen LogP contribution in [0.2, 0.25) is 0 Å². The summed E-state index contributed by atoms with van der Waals surface area (Å²) in [6, 6.07) is 3.94. The summed E-state index contributed by atoms with van der Waals surface area (Å²) in [7, 11) is 0. The molecule has 1 heterocycles. The van der Waals surface area contributed by atoms with Crippen molar-refractivity contribution in [2.75, 3.05) is 49.7 Å². The van der Waals surface area contributed by atoms with E-state index in [1.54, 1.807) is 0 Å². The van der Waals surface area contributed by atoms with Crippen LogP contribution >= 0.6 is 0 Å². The van der Waals surface area contributed by atoms with E-state index in [4.69, 9.17) is 14.2 Å². The number of ether oxygens (including phenoxy) is 3. The van der Waals surface area contributed by atoms with E-state index in [9.17, 15) is 4.79 Å². The molecule has 1 aromatic carbocycles. The van der Waals surface area contributed by atoms with Gasteiger partial charge in [0.2, 0.25) is 5.91 Å². The highest BCUT2D eigenvalue weighted by atomic mass is 16.5. The predicted octanol–water partition coefficient (Wildman–Crippen LogP) is 4.09. The Kier molecular flexibility index (Phi) is 6.48. The fraction of sp³-hybridized carbons (Fsp3) is 0.696. The Balaban J connectivity index is 1.52. The molecule has 0 spiro atoms. The highest BCUT2D eigenvalue weighted by Crippen LogP contribution is 2.49. The van der Waals surface area contributed by atoms with Gasteiger partial charge in [-0.25, -0.2) is 0 Å². The van der Waals surface area contributed by atoms with E-state index in [0.29, 0.717) is 50.2 Å². The Bertz CT molecular complexity index is 717. The molecule has 3 fully saturated rings. The molecule has 29 heavy (non-hydrogen) atoms. The number of anilines is 2. The number of nitrogens with zero attached hydrogens (tertiary/aromatic N) is 1. The van der Waals surface area contributed by atoms with Gasteiger partial charge in [0.05, 0.1) is 37.8 Å². The van der Waals surface area contributed by atoms with E-state index < -0.39 is 0 Å². The van der Waals surface area contributed by atoms with Gasteiger partial charge in [-0.15, -0.1) is 0 Å². The summed E-state index contributed by atoms with van der Waals surface area (Å²) >= 11 is 0. The van der Waals surface area contributed by atoms with Crippen molar-refractivity contribution in [3.63, 3.8) is 0 Å². The number of carbonyl (C=O) groups excluding carboxylic acids is 1. The molecule has 2 aliphatic carbocycles. The minimum absolute atomic E-state index is 0.0880. The molecule has 1 saturated heterocycles. The molecule has 1 amide bonds. The number of benzene rings is 1. The fourth-order valence-corrected chi connectivity index (χ4v) is 5.31. The van der Waals surface area contributed by atoms with Crippen molar-refractivity contribution < 1.29 is 19.0 Å². The maximum absolute atomic E-state index is 12.8. The topological polar surface area (TPSA) is 60.0 Å². The second kappa shape index (κ2) is 9.24. The molecule has 1 N–H and O–H groups in total. The zero-order chi connectivity index (χ0) is 20.2. The minimum Gasteiger partial charge on any atom is -0.492 e. The normalized spacial score (nSPS) is 25.9. The fourth-order valence-electron chi connectivity index (χ4n) is 5.31. The second-order valence-electron chi connectivity index (χ2n) is 8.47. The summed E-state index contributed by atoms with van der Waals surface area (Å²) < 4.78 is 17.3. The SMILES string of the molecule is CCOc1cc(N2CCOCC2)c(OCC)cc1NC(=O)C[C@@H]1C[C@@H]2CC[C@@H]1C2. The largest absolute Gasteiger partial charge is 0.492 e. The van der Waals surface area contributed by atoms with Crippen molar-refractivity contribution in [2.45, 2.75) is 46.0 Å². The van der Waals surface area contributed by atoms with Gasteiger partial charge < -0.3 is 24.4 Å². The van der Waals surface area contributed by atoms with E-state index in [1.165, 1.54) is 25.7 Å². The lowest BCUT2D eigenvalue weighted by molar-refractivity contribution is -0.117. The number of hydrogen-bond acceptors (Lipinski definition) is 5. The molecule has 2 bridgehead atoms. The Hall–Kier alpha value is -1.95. The van der Waals surface area contributed by atoms with Gasteiger partial charge in [-0.05, 0) is 50.9 Å². The van der Waals surface area contributed by atoms with Crippen LogP contribution in [0, 0.1) is 17.8 Å². The average molecular weight is 403 g/mol. The zero-order valence-corrected chi connectivity index (χ0v) is 17.7. The van der Waals surface area contributed by atoms with Crippen molar-refractivity contribution in [3.8, 4) is 11.5 Å². The van der Waals surface area contributed by atoms with E-state index in [-0.39, 0.29) is 5.91 Å². The zero-order valence-electron chi connectivity index (χ0n) is 17.7. The number of hydrogen-bond donors (Lipinski definition) is 1. The second-order valence-corrected chi connectivity index (χ2v) is 8.47. The third kappa shape index (κ3) is 4.63. The molecular weight excluding hydrogens is 368 g/mol. The summed E-state index contributed by atoms with van der Waals surface area (Å²) in [4.78, 5) is 15.1. The van der Waals surface area contributed by atoms with Gasteiger partial charge in [-0.2, -0.15) is 0 Å². The molecule has 160 valence electrons. The molecule has 6 heteroatoms. The highest BCUT2D eigenvalue weighted by molar-refractivity contribution is 5.93. The van der Waals surface area contributed by atoms with Gasteiger partial charge in [0.15, 0.2) is 0 Å². The molecular formula is C23H34N2O4. The third-order valence-electron chi connectivity index (χ3n) is 6.62. The van der Waals surface area contributed by atoms with Gasteiger partial charge in [0, 0.05) is 31.6 Å². The van der Waals surface area contributed by atoms with E-state index in [0.717, 1.165) is 36.4 Å². The van der Waals surface area contributed by atoms with Crippen LogP contribution < -0.4 is 19.7 Å². The van der Waals surface area contributed by atoms with Crippen LogP contribution in [-0.4, -0.2) is 45.4 Å². The highest BCUT2D eigenvalue weighted by Gasteiger charge is 2.40. The molecule has 1 aromatic rings. The van der Waals surface area contributed by atoms with E-state index in [2.05, 4.69) is 10.2 Å². The van der Waals surface area contributed by atoms with Crippen molar-refractivity contribution >= 4 is 17.3 Å². The molecule has 0 radical (unpaired) electrons. The van der Waals surface area contributed by atoms with Gasteiger partial charge in [-0.3, -0.25) is 4.79 Å². The minimum atomic E-state index is 0.0880. The third-order valence-corrected chi connectivity index (χ3v) is 6.62. The molecule has 1 aliphatic heterocycles. The first-order chi connectivity index (χ1) is 14.2. The number of carbonyl (C=O) groups is 1. The first kappa shape index (κ1) is 20.3. The Morgan fingerprint density at radius 3 is 2.52 bits per heavy atom. The number of fused-ring (bicyclic) bond motifs is 2. The molecule has 4 rings (SSSR count). The van der Waals surface area contributed by atoms with Gasteiger partial charge >= 0.3 is 0 Å². The quantitative estimate of drug-likeness (QED) is 0.710. The smallest absolute Gasteiger partial charge is 0.224 e. The Morgan fingerprint density at radius 1 is 1.10 bits per heavy atom. The van der Waals surface area contributed by atoms with Crippen LogP contribution in [0.3, 0.4) is 0 Å². The molecule has 0 unspecified atom stereocenters. The number of rotatable bonds is 8. The molecule has 6 nitrogen and oxygen atoms in total. The maximum atomic E-state index is 12.8. The maximum Gasteiger partial charge on any atom is 0.224 e. The van der Waals surface area contributed by atoms with Gasteiger partial charge in [0.25, 0.3) is 0 Å². The lowest BCUT2D eigenvalue weighted by Crippen LogP contribution is -2.36. The standard InChI is InChI=1S/C23H34N2O4/c1-3-28-21-15-20(25-7-9-27-10-8-25)22(29-4-2)14-19(21)24-23(26)13-18-12-16-5-6-17(18)11-16/h14-18H,3-13H2,1-2H3,(H,24,26)/t16-,17-,18+/m1/s1. The van der Waals surface area contributed by atoms with Crippen LogP contribution in [0.5, 0.6) is 11.5 Å². The molecule has 0 aromatic heterocycles. The summed E-state index contributed by atoms with van der Waals surface area (Å²) in [6.45, 7) is 8.12. The van der Waals surface area contributed by atoms with Gasteiger partial charge in [-0.1, -0.05) is 6.42 Å². The van der Waals surface area contributed by atoms with Gasteiger partial charge in [0.1, 0.15) is 11.5 Å². The van der Waals surface area contributed by atoms with Crippen molar-refractivity contribution in [3.05, 3.63) is 12.1 Å². The van der Waals surface area contributed by atoms with Crippen molar-refractivity contribution in [2.24, 2.45) is 17.8 Å². The summed E-state index contributed by atoms with van der Waals surface area (Å²) in [5.41, 5.74) is 1.71. The first-order valence-electron chi connectivity index (χ1n) is 11.2. The molecule has 3 aliphatic rings. The summed E-state index contributed by atoms with van der Waals surface area (Å²) in [5, 5.41) is 3.12. The van der Waals surface area contributed by atoms with E-state index in [1.807, 2.05) is 26.0 Å². The van der Waals surface area contributed by atoms with Crippen LogP contribution in [0.25, 0.3) is 0 Å². The van der Waals surface area contributed by atoms with Crippen LogP contribution in [0.1, 0.15) is 46.0 Å². The first-order valence-corrected chi connectivity index (χ1v) is 11.2. The van der Waals surface area contributed by atoms with Crippen molar-refractivity contribution in [1.29, 1.82) is 0 Å². The predicted molar refractivity (Wildman–Crippen MR) is 114 cm³/mol. The Morgan fingerprint density at radius 2 is 1.86 bits per heavy atom. The molecule has 3 atom stereocenters. The van der Waals surface area contributed by atoms with Crippen LogP contribution in [0.15, 0.2) is 12.1 Å². The number of nitrogens with one attached hydrogen (secondary N) is 1. The number of amides is 1.